The number of carbonyl (C=O) groups excluding carboxylic acids is 1. The summed E-state index contributed by atoms with van der Waals surface area (Å²) in [6, 6.07) is 2.05. The molecule has 0 spiro atoms. The number of nitrogens with two attached hydrogens (primary N) is 1. The van der Waals surface area contributed by atoms with Gasteiger partial charge < -0.3 is 11.1 Å². The predicted molar refractivity (Wildman–Crippen MR) is 83.6 cm³/mol. The number of aryl methyl sites for hydroxylation is 1. The van der Waals surface area contributed by atoms with Crippen molar-refractivity contribution in [2.45, 2.75) is 45.1 Å². The molecule has 1 heterocycles. The summed E-state index contributed by atoms with van der Waals surface area (Å²) in [5.41, 5.74) is 6.95. The van der Waals surface area contributed by atoms with E-state index in [1.807, 2.05) is 13.0 Å². The third-order valence-electron chi connectivity index (χ3n) is 3.87. The van der Waals surface area contributed by atoms with Crippen molar-refractivity contribution in [1.29, 1.82) is 0 Å². The monoisotopic (exact) mass is 344 g/mol. The van der Waals surface area contributed by atoms with Crippen molar-refractivity contribution < 1.29 is 4.79 Å². The smallest absolute Gasteiger partial charge is 0.261 e. The second kappa shape index (κ2) is 6.86. The van der Waals surface area contributed by atoms with Gasteiger partial charge in [0.15, 0.2) is 0 Å². The van der Waals surface area contributed by atoms with Crippen LogP contribution in [0, 0.1) is 12.8 Å². The Hall–Kier alpha value is -0.390. The number of halogens is 1. The van der Waals surface area contributed by atoms with Crippen LogP contribution in [-0.2, 0) is 0 Å². The molecule has 0 saturated heterocycles. The van der Waals surface area contributed by atoms with Crippen LogP contribution in [0.4, 0.5) is 0 Å². The molecule has 1 aromatic rings. The minimum Gasteiger partial charge on any atom is -0.347 e. The number of hydrogen-bond acceptors (Lipinski definition) is 3. The van der Waals surface area contributed by atoms with Crippen LogP contribution in [0.1, 0.15) is 47.3 Å². The molecular weight excluding hydrogens is 324 g/mol. The van der Waals surface area contributed by atoms with Gasteiger partial charge in [0.1, 0.15) is 0 Å². The first-order valence-corrected chi connectivity index (χ1v) is 8.49. The van der Waals surface area contributed by atoms with Gasteiger partial charge in [-0.05, 0) is 53.2 Å². The normalized spacial score (nSPS) is 18.3. The summed E-state index contributed by atoms with van der Waals surface area (Å²) < 4.78 is 1.03. The number of rotatable bonds is 4. The van der Waals surface area contributed by atoms with Crippen molar-refractivity contribution in [3.05, 3.63) is 20.3 Å². The summed E-state index contributed by atoms with van der Waals surface area (Å²) in [4.78, 5) is 13.0. The zero-order chi connectivity index (χ0) is 13.8. The van der Waals surface area contributed by atoms with E-state index in [1.165, 1.54) is 43.4 Å². The maximum atomic E-state index is 12.2. The molecule has 0 bridgehead atoms. The van der Waals surface area contributed by atoms with E-state index in [9.17, 15) is 4.79 Å². The van der Waals surface area contributed by atoms with Crippen molar-refractivity contribution in [3.8, 4) is 0 Å². The Kier molecular flexibility index (Phi) is 5.42. The van der Waals surface area contributed by atoms with Crippen LogP contribution in [0.25, 0.3) is 0 Å². The average molecular weight is 345 g/mol. The Balaban J connectivity index is 1.99. The first-order valence-electron chi connectivity index (χ1n) is 6.88. The molecule has 1 atom stereocenters. The molecule has 1 aliphatic rings. The van der Waals surface area contributed by atoms with E-state index in [0.717, 1.165) is 14.2 Å². The van der Waals surface area contributed by atoms with Crippen molar-refractivity contribution in [3.63, 3.8) is 0 Å². The number of thiophene rings is 1. The summed E-state index contributed by atoms with van der Waals surface area (Å²) in [6.07, 6.45) is 6.23. The highest BCUT2D eigenvalue weighted by atomic mass is 79.9. The van der Waals surface area contributed by atoms with Crippen LogP contribution in [0.15, 0.2) is 9.85 Å². The first kappa shape index (κ1) is 15.0. The lowest BCUT2D eigenvalue weighted by Crippen LogP contribution is -2.45. The molecule has 0 aromatic carbocycles. The number of amides is 1. The lowest BCUT2D eigenvalue weighted by molar-refractivity contribution is 0.0919. The van der Waals surface area contributed by atoms with E-state index in [-0.39, 0.29) is 11.9 Å². The summed E-state index contributed by atoms with van der Waals surface area (Å²) in [6.45, 7) is 2.53. The van der Waals surface area contributed by atoms with Gasteiger partial charge in [0.2, 0.25) is 0 Å². The van der Waals surface area contributed by atoms with Crippen LogP contribution in [0.3, 0.4) is 0 Å². The van der Waals surface area contributed by atoms with Crippen molar-refractivity contribution in [1.82, 2.24) is 5.32 Å². The standard InChI is InChI=1S/C14H21BrN2OS/c1-9-7-12(19-13(9)15)14(18)17-11(8-16)10-5-3-2-4-6-10/h7,10-11H,2-6,8,16H2,1H3,(H,17,18). The van der Waals surface area contributed by atoms with Gasteiger partial charge in [-0.3, -0.25) is 4.79 Å². The maximum Gasteiger partial charge on any atom is 0.261 e. The topological polar surface area (TPSA) is 55.1 Å². The lowest BCUT2D eigenvalue weighted by atomic mass is 9.84. The molecule has 2 rings (SSSR count). The predicted octanol–water partition coefficient (Wildman–Crippen LogP) is 3.46. The number of hydrogen-bond donors (Lipinski definition) is 2. The quantitative estimate of drug-likeness (QED) is 0.878. The molecule has 1 unspecified atom stereocenters. The maximum absolute atomic E-state index is 12.2. The Morgan fingerprint density at radius 1 is 1.53 bits per heavy atom. The van der Waals surface area contributed by atoms with Gasteiger partial charge in [-0.15, -0.1) is 11.3 Å². The summed E-state index contributed by atoms with van der Waals surface area (Å²) in [5, 5.41) is 3.12. The molecule has 1 aromatic heterocycles. The highest BCUT2D eigenvalue weighted by Gasteiger charge is 2.24. The summed E-state index contributed by atoms with van der Waals surface area (Å²) >= 11 is 4.94. The molecule has 3 N–H and O–H groups in total. The largest absolute Gasteiger partial charge is 0.347 e. The van der Waals surface area contributed by atoms with Gasteiger partial charge in [0.05, 0.1) is 8.66 Å². The zero-order valence-electron chi connectivity index (χ0n) is 11.2. The van der Waals surface area contributed by atoms with Crippen LogP contribution in [0.5, 0.6) is 0 Å². The fourth-order valence-corrected chi connectivity index (χ4v) is 4.15. The van der Waals surface area contributed by atoms with Gasteiger partial charge in [-0.25, -0.2) is 0 Å². The molecular formula is C14H21BrN2OS. The molecule has 19 heavy (non-hydrogen) atoms. The van der Waals surface area contributed by atoms with E-state index in [2.05, 4.69) is 21.2 Å². The van der Waals surface area contributed by atoms with E-state index in [0.29, 0.717) is 12.5 Å². The van der Waals surface area contributed by atoms with Crippen molar-refractivity contribution in [2.75, 3.05) is 6.54 Å². The second-order valence-electron chi connectivity index (χ2n) is 5.28. The van der Waals surface area contributed by atoms with Gasteiger partial charge in [0.25, 0.3) is 5.91 Å². The molecule has 1 aliphatic carbocycles. The van der Waals surface area contributed by atoms with Crippen LogP contribution >= 0.6 is 27.3 Å². The molecule has 106 valence electrons. The fraction of sp³-hybridized carbons (Fsp3) is 0.643. The zero-order valence-corrected chi connectivity index (χ0v) is 13.6. The minimum absolute atomic E-state index is 0.0137. The molecule has 3 nitrogen and oxygen atoms in total. The van der Waals surface area contributed by atoms with Gasteiger partial charge >= 0.3 is 0 Å². The number of nitrogens with one attached hydrogen (secondary N) is 1. The van der Waals surface area contributed by atoms with E-state index < -0.39 is 0 Å². The Morgan fingerprint density at radius 3 is 2.74 bits per heavy atom. The van der Waals surface area contributed by atoms with Crippen LogP contribution in [-0.4, -0.2) is 18.5 Å². The fourth-order valence-electron chi connectivity index (χ4n) is 2.72. The molecule has 5 heteroatoms. The molecule has 1 amide bonds. The third kappa shape index (κ3) is 3.80. The number of carbonyl (C=O) groups is 1. The summed E-state index contributed by atoms with van der Waals surface area (Å²) in [5.74, 6) is 0.562. The van der Waals surface area contributed by atoms with Crippen molar-refractivity contribution >= 4 is 33.2 Å². The molecule has 1 saturated carbocycles. The van der Waals surface area contributed by atoms with E-state index >= 15 is 0 Å². The van der Waals surface area contributed by atoms with Crippen molar-refractivity contribution in [2.24, 2.45) is 11.7 Å². The SMILES string of the molecule is Cc1cc(C(=O)NC(CN)C2CCCCC2)sc1Br. The van der Waals surface area contributed by atoms with Gasteiger partial charge in [0, 0.05) is 12.6 Å². The van der Waals surface area contributed by atoms with Gasteiger partial charge in [-0.2, -0.15) is 0 Å². The third-order valence-corrected chi connectivity index (χ3v) is 6.01. The second-order valence-corrected chi connectivity index (χ2v) is 7.65. The Morgan fingerprint density at radius 2 is 2.21 bits per heavy atom. The molecule has 0 radical (unpaired) electrons. The van der Waals surface area contributed by atoms with Crippen LogP contribution in [0.2, 0.25) is 0 Å². The lowest BCUT2D eigenvalue weighted by Gasteiger charge is -2.29. The average Bonchev–Trinajstić information content (AvgIpc) is 2.77. The molecule has 0 aliphatic heterocycles. The highest BCUT2D eigenvalue weighted by molar-refractivity contribution is 9.11. The Bertz CT molecular complexity index is 421. The van der Waals surface area contributed by atoms with E-state index in [1.54, 1.807) is 0 Å². The minimum atomic E-state index is 0.0137. The summed E-state index contributed by atoms with van der Waals surface area (Å²) in [7, 11) is 0. The first-order chi connectivity index (χ1) is 9.11. The van der Waals surface area contributed by atoms with Crippen LogP contribution < -0.4 is 11.1 Å². The Labute approximate surface area is 127 Å². The van der Waals surface area contributed by atoms with E-state index in [4.69, 9.17) is 5.73 Å². The highest BCUT2D eigenvalue weighted by Crippen LogP contribution is 2.29. The van der Waals surface area contributed by atoms with Gasteiger partial charge in [-0.1, -0.05) is 19.3 Å². The molecule has 1 fully saturated rings.